The molecule has 2 N–H and O–H groups in total. The second-order valence-electron chi connectivity index (χ2n) is 4.10. The zero-order chi connectivity index (χ0) is 12.3. The van der Waals surface area contributed by atoms with Crippen molar-refractivity contribution >= 4 is 21.6 Å². The van der Waals surface area contributed by atoms with E-state index in [0.29, 0.717) is 11.6 Å². The number of hydrogen-bond acceptors (Lipinski definition) is 3. The quantitative estimate of drug-likeness (QED) is 0.872. The van der Waals surface area contributed by atoms with Crippen LogP contribution < -0.4 is 10.0 Å². The van der Waals surface area contributed by atoms with Crippen LogP contribution >= 0.6 is 11.6 Å². The van der Waals surface area contributed by atoms with Crippen LogP contribution in [0.5, 0.6) is 0 Å². The van der Waals surface area contributed by atoms with Crippen LogP contribution in [0.4, 0.5) is 0 Å². The molecule has 17 heavy (non-hydrogen) atoms. The Morgan fingerprint density at radius 2 is 2.29 bits per heavy atom. The average molecular weight is 275 g/mol. The third-order valence-electron chi connectivity index (χ3n) is 2.79. The molecule has 1 aliphatic rings. The van der Waals surface area contributed by atoms with Crippen molar-refractivity contribution in [1.82, 2.24) is 10.0 Å². The van der Waals surface area contributed by atoms with Crippen molar-refractivity contribution in [2.24, 2.45) is 0 Å². The summed E-state index contributed by atoms with van der Waals surface area (Å²) in [5, 5.41) is 3.66. The van der Waals surface area contributed by atoms with Gasteiger partial charge in [0.1, 0.15) is 0 Å². The second kappa shape index (κ2) is 5.35. The molecule has 0 aliphatic carbocycles. The summed E-state index contributed by atoms with van der Waals surface area (Å²) >= 11 is 5.77. The third kappa shape index (κ3) is 3.42. The molecule has 0 aromatic heterocycles. The van der Waals surface area contributed by atoms with Crippen molar-refractivity contribution in [2.75, 3.05) is 13.1 Å². The zero-order valence-corrected chi connectivity index (χ0v) is 10.9. The maximum Gasteiger partial charge on any atom is 0.240 e. The van der Waals surface area contributed by atoms with Gasteiger partial charge in [-0.15, -0.1) is 0 Å². The first-order valence-electron chi connectivity index (χ1n) is 5.56. The van der Waals surface area contributed by atoms with E-state index in [0.717, 1.165) is 19.4 Å². The van der Waals surface area contributed by atoms with Gasteiger partial charge in [-0.25, -0.2) is 13.1 Å². The first kappa shape index (κ1) is 12.8. The number of nitrogens with one attached hydrogen (secondary N) is 2. The molecule has 1 saturated heterocycles. The van der Waals surface area contributed by atoms with Crippen LogP contribution in [-0.4, -0.2) is 27.5 Å². The van der Waals surface area contributed by atoms with Gasteiger partial charge in [0.05, 0.1) is 4.90 Å². The lowest BCUT2D eigenvalue weighted by Gasteiger charge is -2.12. The van der Waals surface area contributed by atoms with Gasteiger partial charge in [0, 0.05) is 17.6 Å². The Morgan fingerprint density at radius 3 is 2.94 bits per heavy atom. The van der Waals surface area contributed by atoms with Gasteiger partial charge in [0.15, 0.2) is 0 Å². The van der Waals surface area contributed by atoms with Crippen molar-refractivity contribution in [3.05, 3.63) is 29.3 Å². The fourth-order valence-electron chi connectivity index (χ4n) is 1.86. The molecule has 0 radical (unpaired) electrons. The fraction of sp³-hybridized carbons (Fsp3) is 0.455. The Kier molecular flexibility index (Phi) is 4.04. The number of benzene rings is 1. The average Bonchev–Trinajstić information content (AvgIpc) is 2.79. The number of hydrogen-bond donors (Lipinski definition) is 2. The molecule has 1 aromatic rings. The SMILES string of the molecule is O=S(=O)(NC[C@@H]1CCCN1)c1cccc(Cl)c1. The summed E-state index contributed by atoms with van der Waals surface area (Å²) < 4.78 is 26.5. The summed E-state index contributed by atoms with van der Waals surface area (Å²) in [6, 6.07) is 6.51. The van der Waals surface area contributed by atoms with Crippen LogP contribution in [0.2, 0.25) is 5.02 Å². The third-order valence-corrected chi connectivity index (χ3v) is 4.44. The van der Waals surface area contributed by atoms with Gasteiger partial charge in [0.25, 0.3) is 0 Å². The van der Waals surface area contributed by atoms with E-state index in [1.54, 1.807) is 12.1 Å². The fourth-order valence-corrected chi connectivity index (χ4v) is 3.24. The molecule has 0 amide bonds. The molecule has 1 atom stereocenters. The minimum absolute atomic E-state index is 0.211. The highest BCUT2D eigenvalue weighted by atomic mass is 35.5. The molecule has 0 spiro atoms. The monoisotopic (exact) mass is 274 g/mol. The van der Waals surface area contributed by atoms with Gasteiger partial charge in [-0.2, -0.15) is 0 Å². The summed E-state index contributed by atoms with van der Waals surface area (Å²) in [5.41, 5.74) is 0. The summed E-state index contributed by atoms with van der Waals surface area (Å²) in [7, 11) is -3.44. The Balaban J connectivity index is 2.03. The van der Waals surface area contributed by atoms with Crippen LogP contribution in [0.25, 0.3) is 0 Å². The topological polar surface area (TPSA) is 58.2 Å². The predicted molar refractivity (Wildman–Crippen MR) is 67.7 cm³/mol. The largest absolute Gasteiger partial charge is 0.313 e. The molecule has 0 bridgehead atoms. The molecular formula is C11H15ClN2O2S. The van der Waals surface area contributed by atoms with E-state index in [9.17, 15) is 8.42 Å². The van der Waals surface area contributed by atoms with E-state index in [4.69, 9.17) is 11.6 Å². The van der Waals surface area contributed by atoms with Crippen molar-refractivity contribution in [2.45, 2.75) is 23.8 Å². The van der Waals surface area contributed by atoms with E-state index in [2.05, 4.69) is 10.0 Å². The summed E-state index contributed by atoms with van der Waals surface area (Å²) in [4.78, 5) is 0.211. The predicted octanol–water partition coefficient (Wildman–Crippen LogP) is 1.37. The van der Waals surface area contributed by atoms with E-state index >= 15 is 0 Å². The van der Waals surface area contributed by atoms with Gasteiger partial charge < -0.3 is 5.32 Å². The van der Waals surface area contributed by atoms with Crippen molar-refractivity contribution in [3.63, 3.8) is 0 Å². The number of sulfonamides is 1. The van der Waals surface area contributed by atoms with Gasteiger partial charge in [-0.3, -0.25) is 0 Å². The Bertz CT molecular complexity index is 484. The maximum absolute atomic E-state index is 11.9. The minimum atomic E-state index is -3.44. The molecule has 1 fully saturated rings. The van der Waals surface area contributed by atoms with E-state index in [1.165, 1.54) is 12.1 Å². The Hall–Kier alpha value is -0.620. The molecule has 2 rings (SSSR count). The van der Waals surface area contributed by atoms with Crippen LogP contribution in [0, 0.1) is 0 Å². The van der Waals surface area contributed by atoms with Crippen molar-refractivity contribution < 1.29 is 8.42 Å². The normalized spacial score (nSPS) is 20.6. The van der Waals surface area contributed by atoms with Gasteiger partial charge >= 0.3 is 0 Å². The van der Waals surface area contributed by atoms with E-state index in [-0.39, 0.29) is 10.9 Å². The van der Waals surface area contributed by atoms with Crippen molar-refractivity contribution in [1.29, 1.82) is 0 Å². The molecular weight excluding hydrogens is 260 g/mol. The van der Waals surface area contributed by atoms with Crippen LogP contribution in [0.3, 0.4) is 0 Å². The first-order chi connectivity index (χ1) is 8.08. The Morgan fingerprint density at radius 1 is 1.47 bits per heavy atom. The molecule has 1 aromatic carbocycles. The lowest BCUT2D eigenvalue weighted by atomic mass is 10.2. The highest BCUT2D eigenvalue weighted by Crippen LogP contribution is 2.15. The Labute approximate surface area is 106 Å². The highest BCUT2D eigenvalue weighted by Gasteiger charge is 2.19. The van der Waals surface area contributed by atoms with Crippen LogP contribution in [0.1, 0.15) is 12.8 Å². The lowest BCUT2D eigenvalue weighted by molar-refractivity contribution is 0.552. The van der Waals surface area contributed by atoms with Gasteiger partial charge in [0.2, 0.25) is 10.0 Å². The minimum Gasteiger partial charge on any atom is -0.313 e. The summed E-state index contributed by atoms with van der Waals surface area (Å²) in [6.45, 7) is 1.39. The highest BCUT2D eigenvalue weighted by molar-refractivity contribution is 7.89. The second-order valence-corrected chi connectivity index (χ2v) is 6.31. The molecule has 0 saturated carbocycles. The van der Waals surface area contributed by atoms with Crippen LogP contribution in [0.15, 0.2) is 29.2 Å². The van der Waals surface area contributed by atoms with E-state index < -0.39 is 10.0 Å². The number of rotatable bonds is 4. The van der Waals surface area contributed by atoms with Gasteiger partial charge in [-0.05, 0) is 37.6 Å². The summed E-state index contributed by atoms with van der Waals surface area (Å²) in [6.07, 6.45) is 2.11. The molecule has 1 heterocycles. The molecule has 94 valence electrons. The summed E-state index contributed by atoms with van der Waals surface area (Å²) in [5.74, 6) is 0. The van der Waals surface area contributed by atoms with Crippen LogP contribution in [-0.2, 0) is 10.0 Å². The van der Waals surface area contributed by atoms with E-state index in [1.807, 2.05) is 0 Å². The maximum atomic E-state index is 11.9. The molecule has 0 unspecified atom stereocenters. The van der Waals surface area contributed by atoms with Crippen molar-refractivity contribution in [3.8, 4) is 0 Å². The molecule has 6 heteroatoms. The molecule has 1 aliphatic heterocycles. The zero-order valence-electron chi connectivity index (χ0n) is 9.32. The lowest BCUT2D eigenvalue weighted by Crippen LogP contribution is -2.37. The van der Waals surface area contributed by atoms with Gasteiger partial charge in [-0.1, -0.05) is 17.7 Å². The standard InChI is InChI=1S/C11H15ClN2O2S/c12-9-3-1-5-11(7-9)17(15,16)14-8-10-4-2-6-13-10/h1,3,5,7,10,13-14H,2,4,6,8H2/t10-/m0/s1. The first-order valence-corrected chi connectivity index (χ1v) is 7.43. The number of halogens is 1. The smallest absolute Gasteiger partial charge is 0.240 e. The molecule has 4 nitrogen and oxygen atoms in total.